The minimum Gasteiger partial charge on any atom is -0.484 e. The first kappa shape index (κ1) is 10.6. The normalized spacial score (nSPS) is 10.4. The van der Waals surface area contributed by atoms with Gasteiger partial charge < -0.3 is 4.74 Å². The molecular formula is C13H13NO2. The Bertz CT molecular complexity index is 534. The molecule has 16 heavy (non-hydrogen) atoms. The summed E-state index contributed by atoms with van der Waals surface area (Å²) in [5, 5.41) is 1.06. The van der Waals surface area contributed by atoms with Crippen molar-refractivity contribution in [3.05, 3.63) is 36.0 Å². The minimum atomic E-state index is 0.00431. The molecule has 0 fully saturated rings. The summed E-state index contributed by atoms with van der Waals surface area (Å²) in [4.78, 5) is 15.2. The van der Waals surface area contributed by atoms with Gasteiger partial charge in [-0.2, -0.15) is 0 Å². The summed E-state index contributed by atoms with van der Waals surface area (Å²) in [6.07, 6.45) is 1.72. The van der Waals surface area contributed by atoms with Gasteiger partial charge in [-0.05, 0) is 31.5 Å². The van der Waals surface area contributed by atoms with Crippen LogP contribution >= 0.6 is 0 Å². The van der Waals surface area contributed by atoms with Crippen molar-refractivity contribution in [3.8, 4) is 5.75 Å². The molecule has 1 heterocycles. The molecule has 0 N–H and O–H groups in total. The summed E-state index contributed by atoms with van der Waals surface area (Å²) >= 11 is 0. The number of pyridine rings is 1. The highest BCUT2D eigenvalue weighted by molar-refractivity contribution is 5.87. The van der Waals surface area contributed by atoms with Crippen LogP contribution in [0.15, 0.2) is 30.5 Å². The number of rotatable bonds is 3. The van der Waals surface area contributed by atoms with E-state index in [-0.39, 0.29) is 12.4 Å². The molecule has 1 aromatic heterocycles. The number of Topliss-reactive ketones (excluding diaryl/α,β-unsaturated/α-hetero) is 1. The molecule has 0 atom stereocenters. The van der Waals surface area contributed by atoms with E-state index in [2.05, 4.69) is 4.98 Å². The van der Waals surface area contributed by atoms with Gasteiger partial charge in [-0.15, -0.1) is 0 Å². The van der Waals surface area contributed by atoms with E-state index in [0.29, 0.717) is 5.75 Å². The first-order valence-electron chi connectivity index (χ1n) is 5.15. The van der Waals surface area contributed by atoms with Crippen molar-refractivity contribution in [2.75, 3.05) is 6.61 Å². The van der Waals surface area contributed by atoms with Crippen molar-refractivity contribution in [3.63, 3.8) is 0 Å². The van der Waals surface area contributed by atoms with Crippen molar-refractivity contribution >= 4 is 16.7 Å². The molecule has 0 saturated carbocycles. The molecule has 1 aromatic carbocycles. The SMILES string of the molecule is CC(=O)COc1ccc(C)c2cccnc12. The van der Waals surface area contributed by atoms with Crippen molar-refractivity contribution in [1.82, 2.24) is 4.98 Å². The molecule has 0 unspecified atom stereocenters. The Morgan fingerprint density at radius 3 is 2.94 bits per heavy atom. The predicted molar refractivity (Wildman–Crippen MR) is 62.7 cm³/mol. The molecule has 0 amide bonds. The Hall–Kier alpha value is -1.90. The van der Waals surface area contributed by atoms with Gasteiger partial charge in [0.05, 0.1) is 0 Å². The molecule has 0 bridgehead atoms. The van der Waals surface area contributed by atoms with E-state index in [1.165, 1.54) is 6.92 Å². The van der Waals surface area contributed by atoms with Gasteiger partial charge in [-0.25, -0.2) is 0 Å². The van der Waals surface area contributed by atoms with Crippen LogP contribution in [0.1, 0.15) is 12.5 Å². The Morgan fingerprint density at radius 1 is 1.38 bits per heavy atom. The summed E-state index contributed by atoms with van der Waals surface area (Å²) in [5.41, 5.74) is 1.96. The number of hydrogen-bond acceptors (Lipinski definition) is 3. The molecule has 0 radical (unpaired) electrons. The number of aryl methyl sites for hydroxylation is 1. The molecule has 2 rings (SSSR count). The number of nitrogens with zero attached hydrogens (tertiary/aromatic N) is 1. The topological polar surface area (TPSA) is 39.2 Å². The summed E-state index contributed by atoms with van der Waals surface area (Å²) < 4.78 is 5.42. The van der Waals surface area contributed by atoms with Crippen LogP contribution in [-0.4, -0.2) is 17.4 Å². The third-order valence-corrected chi connectivity index (χ3v) is 2.38. The molecule has 2 aromatic rings. The van der Waals surface area contributed by atoms with Gasteiger partial charge in [0.2, 0.25) is 0 Å². The van der Waals surface area contributed by atoms with Gasteiger partial charge in [0.15, 0.2) is 5.78 Å². The van der Waals surface area contributed by atoms with Gasteiger partial charge in [-0.3, -0.25) is 9.78 Å². The number of benzene rings is 1. The van der Waals surface area contributed by atoms with Crippen LogP contribution in [0.25, 0.3) is 10.9 Å². The van der Waals surface area contributed by atoms with Gasteiger partial charge >= 0.3 is 0 Å². The van der Waals surface area contributed by atoms with E-state index in [1.807, 2.05) is 31.2 Å². The van der Waals surface area contributed by atoms with E-state index in [1.54, 1.807) is 6.20 Å². The van der Waals surface area contributed by atoms with E-state index in [9.17, 15) is 4.79 Å². The smallest absolute Gasteiger partial charge is 0.167 e. The molecule has 3 heteroatoms. The monoisotopic (exact) mass is 215 g/mol. The summed E-state index contributed by atoms with van der Waals surface area (Å²) in [6, 6.07) is 7.72. The maximum atomic E-state index is 10.9. The second-order valence-corrected chi connectivity index (χ2v) is 3.77. The first-order valence-corrected chi connectivity index (χ1v) is 5.15. The maximum Gasteiger partial charge on any atom is 0.167 e. The molecule has 0 aliphatic carbocycles. The Morgan fingerprint density at radius 2 is 2.19 bits per heavy atom. The third-order valence-electron chi connectivity index (χ3n) is 2.38. The number of fused-ring (bicyclic) bond motifs is 1. The molecule has 0 aliphatic rings. The van der Waals surface area contributed by atoms with Crippen molar-refractivity contribution < 1.29 is 9.53 Å². The van der Waals surface area contributed by atoms with E-state index in [0.717, 1.165) is 16.5 Å². The second kappa shape index (κ2) is 4.31. The summed E-state index contributed by atoms with van der Waals surface area (Å²) in [5.74, 6) is 0.668. The highest BCUT2D eigenvalue weighted by Gasteiger charge is 2.06. The van der Waals surface area contributed by atoms with Crippen molar-refractivity contribution in [2.45, 2.75) is 13.8 Å². The van der Waals surface area contributed by atoms with Crippen molar-refractivity contribution in [1.29, 1.82) is 0 Å². The third kappa shape index (κ3) is 2.03. The quantitative estimate of drug-likeness (QED) is 0.789. The highest BCUT2D eigenvalue weighted by Crippen LogP contribution is 2.25. The number of carbonyl (C=O) groups is 1. The fraction of sp³-hybridized carbons (Fsp3) is 0.231. The fourth-order valence-electron chi connectivity index (χ4n) is 1.59. The molecular weight excluding hydrogens is 202 g/mol. The Labute approximate surface area is 94.1 Å². The Balaban J connectivity index is 2.46. The second-order valence-electron chi connectivity index (χ2n) is 3.77. The fourth-order valence-corrected chi connectivity index (χ4v) is 1.59. The van der Waals surface area contributed by atoms with Gasteiger partial charge in [0, 0.05) is 11.6 Å². The average molecular weight is 215 g/mol. The van der Waals surface area contributed by atoms with Crippen LogP contribution in [0.3, 0.4) is 0 Å². The first-order chi connectivity index (χ1) is 7.68. The zero-order valence-corrected chi connectivity index (χ0v) is 9.36. The maximum absolute atomic E-state index is 10.9. The number of ketones is 1. The number of hydrogen-bond donors (Lipinski definition) is 0. The molecule has 0 spiro atoms. The molecule has 0 saturated heterocycles. The van der Waals surface area contributed by atoms with Gasteiger partial charge in [0.25, 0.3) is 0 Å². The summed E-state index contributed by atoms with van der Waals surface area (Å²) in [6.45, 7) is 3.62. The van der Waals surface area contributed by atoms with E-state index < -0.39 is 0 Å². The largest absolute Gasteiger partial charge is 0.484 e. The number of carbonyl (C=O) groups excluding carboxylic acids is 1. The van der Waals surface area contributed by atoms with Crippen LogP contribution < -0.4 is 4.74 Å². The lowest BCUT2D eigenvalue weighted by atomic mass is 10.1. The summed E-state index contributed by atoms with van der Waals surface area (Å²) in [7, 11) is 0. The van der Waals surface area contributed by atoms with Crippen LogP contribution in [0.2, 0.25) is 0 Å². The predicted octanol–water partition coefficient (Wildman–Crippen LogP) is 2.51. The van der Waals surface area contributed by atoms with Crippen LogP contribution in [0.4, 0.5) is 0 Å². The zero-order valence-electron chi connectivity index (χ0n) is 9.36. The van der Waals surface area contributed by atoms with Gasteiger partial charge in [-0.1, -0.05) is 12.1 Å². The lowest BCUT2D eigenvalue weighted by Gasteiger charge is -2.08. The van der Waals surface area contributed by atoms with Crippen LogP contribution in [0, 0.1) is 6.92 Å². The molecule has 82 valence electrons. The molecule has 0 aliphatic heterocycles. The van der Waals surface area contributed by atoms with E-state index >= 15 is 0 Å². The lowest BCUT2D eigenvalue weighted by Crippen LogP contribution is -2.07. The standard InChI is InChI=1S/C13H13NO2/c1-9-5-6-12(16-8-10(2)15)13-11(9)4-3-7-14-13/h3-7H,8H2,1-2H3. The van der Waals surface area contributed by atoms with E-state index in [4.69, 9.17) is 4.74 Å². The van der Waals surface area contributed by atoms with Crippen molar-refractivity contribution in [2.24, 2.45) is 0 Å². The molecule has 3 nitrogen and oxygen atoms in total. The Kier molecular flexibility index (Phi) is 2.86. The highest BCUT2D eigenvalue weighted by atomic mass is 16.5. The zero-order chi connectivity index (χ0) is 11.5. The lowest BCUT2D eigenvalue weighted by molar-refractivity contribution is -0.118. The van der Waals surface area contributed by atoms with Crippen LogP contribution in [-0.2, 0) is 4.79 Å². The average Bonchev–Trinajstić information content (AvgIpc) is 2.28. The minimum absolute atomic E-state index is 0.00431. The number of ether oxygens (including phenoxy) is 1. The van der Waals surface area contributed by atoms with Crippen LogP contribution in [0.5, 0.6) is 5.75 Å². The van der Waals surface area contributed by atoms with Gasteiger partial charge in [0.1, 0.15) is 17.9 Å². The number of aromatic nitrogens is 1.